The molecule has 7 nitrogen and oxygen atoms in total. The molecular weight excluding hydrogens is 370 g/mol. The van der Waals surface area contributed by atoms with Gasteiger partial charge < -0.3 is 4.74 Å². The number of hydrogen-bond acceptors (Lipinski definition) is 5. The number of aryl methyl sites for hydroxylation is 2. The lowest BCUT2D eigenvalue weighted by atomic mass is 9.95. The minimum absolute atomic E-state index is 0.137. The van der Waals surface area contributed by atoms with Gasteiger partial charge in [-0.15, -0.1) is 0 Å². The maximum atomic E-state index is 13.3. The van der Waals surface area contributed by atoms with Crippen LogP contribution in [0.25, 0.3) is 0 Å². The van der Waals surface area contributed by atoms with Gasteiger partial charge >= 0.3 is 6.09 Å². The van der Waals surface area contributed by atoms with Crippen LogP contribution in [0.1, 0.15) is 42.9 Å². The Hall–Kier alpha value is -3.35. The summed E-state index contributed by atoms with van der Waals surface area (Å²) in [5.74, 6) is -1.46. The number of amides is 3. The van der Waals surface area contributed by atoms with Crippen molar-refractivity contribution in [1.82, 2.24) is 5.32 Å². The van der Waals surface area contributed by atoms with Gasteiger partial charge in [-0.3, -0.25) is 20.3 Å². The summed E-state index contributed by atoms with van der Waals surface area (Å²) in [4.78, 5) is 36.9. The highest BCUT2D eigenvalue weighted by Gasteiger charge is 2.40. The first-order chi connectivity index (χ1) is 14.0. The average Bonchev–Trinajstić information content (AvgIpc) is 2.99. The minimum Gasteiger partial charge on any atom is -0.453 e. The molecule has 0 spiro atoms. The molecule has 0 radical (unpaired) electrons. The van der Waals surface area contributed by atoms with E-state index in [1.54, 1.807) is 5.01 Å². The summed E-state index contributed by atoms with van der Waals surface area (Å²) in [6.45, 7) is 4.08. The molecule has 0 bridgehead atoms. The lowest BCUT2D eigenvalue weighted by Crippen LogP contribution is -2.37. The van der Waals surface area contributed by atoms with Crippen LogP contribution in [0.2, 0.25) is 0 Å². The summed E-state index contributed by atoms with van der Waals surface area (Å²) < 4.78 is 4.47. The summed E-state index contributed by atoms with van der Waals surface area (Å²) in [7, 11) is 1.18. The zero-order valence-electron chi connectivity index (χ0n) is 16.8. The molecule has 2 N–H and O–H groups in total. The predicted molar refractivity (Wildman–Crippen MR) is 111 cm³/mol. The largest absolute Gasteiger partial charge is 0.453 e. The third-order valence-corrected chi connectivity index (χ3v) is 5.10. The van der Waals surface area contributed by atoms with Crippen LogP contribution < -0.4 is 15.8 Å². The van der Waals surface area contributed by atoms with Crippen LogP contribution in [-0.4, -0.2) is 25.0 Å². The second-order valence-electron chi connectivity index (χ2n) is 6.80. The Morgan fingerprint density at radius 2 is 1.72 bits per heavy atom. The van der Waals surface area contributed by atoms with E-state index in [1.165, 1.54) is 7.11 Å². The fourth-order valence-corrected chi connectivity index (χ4v) is 3.62. The number of fused-ring (bicyclic) bond motifs is 1. The minimum atomic E-state index is -0.838. The molecule has 3 rings (SSSR count). The van der Waals surface area contributed by atoms with E-state index in [1.807, 2.05) is 49.4 Å². The maximum absolute atomic E-state index is 13.3. The Labute approximate surface area is 170 Å². The molecule has 152 valence electrons. The zero-order valence-corrected chi connectivity index (χ0v) is 16.8. The van der Waals surface area contributed by atoms with Crippen LogP contribution in [0.15, 0.2) is 42.5 Å². The Morgan fingerprint density at radius 1 is 1.03 bits per heavy atom. The SMILES string of the molecule is CCc1ccccc1NN1C(=O)C(CC(=O)NC(=O)OC)c2cccc(CC)c21. The number of methoxy groups -OCH3 is 1. The monoisotopic (exact) mass is 395 g/mol. The van der Waals surface area contributed by atoms with Crippen LogP contribution in [0, 0.1) is 0 Å². The first-order valence-electron chi connectivity index (χ1n) is 9.68. The number of para-hydroxylation sites is 2. The number of nitrogens with one attached hydrogen (secondary N) is 2. The Morgan fingerprint density at radius 3 is 2.41 bits per heavy atom. The summed E-state index contributed by atoms with van der Waals surface area (Å²) in [5.41, 5.74) is 7.75. The molecule has 1 heterocycles. The van der Waals surface area contributed by atoms with Crippen LogP contribution in [0.3, 0.4) is 0 Å². The number of alkyl carbamates (subject to hydrolysis) is 1. The normalized spacial score (nSPS) is 15.1. The number of carbonyl (C=O) groups is 3. The number of benzene rings is 2. The standard InChI is InChI=1S/C22H25N3O4/c1-4-14-9-6-7-12-18(14)24-25-20-15(5-2)10-8-11-16(20)17(21(25)27)13-19(26)23-22(28)29-3/h6-12,17,24H,4-5,13H2,1-3H3,(H,23,26,28). The van der Waals surface area contributed by atoms with Crippen LogP contribution in [0.5, 0.6) is 0 Å². The van der Waals surface area contributed by atoms with E-state index < -0.39 is 17.9 Å². The van der Waals surface area contributed by atoms with Crippen molar-refractivity contribution in [3.63, 3.8) is 0 Å². The number of nitrogens with zero attached hydrogens (tertiary/aromatic N) is 1. The van der Waals surface area contributed by atoms with Gasteiger partial charge in [0, 0.05) is 6.42 Å². The molecule has 0 aromatic heterocycles. The van der Waals surface area contributed by atoms with Crippen LogP contribution in [0.4, 0.5) is 16.2 Å². The first-order valence-corrected chi connectivity index (χ1v) is 9.68. The number of hydrogen-bond donors (Lipinski definition) is 2. The smallest absolute Gasteiger partial charge is 0.413 e. The van der Waals surface area contributed by atoms with Crippen molar-refractivity contribution in [2.45, 2.75) is 39.0 Å². The highest BCUT2D eigenvalue weighted by Crippen LogP contribution is 2.42. The van der Waals surface area contributed by atoms with Crippen molar-refractivity contribution in [2.75, 3.05) is 17.5 Å². The van der Waals surface area contributed by atoms with E-state index in [-0.39, 0.29) is 12.3 Å². The van der Waals surface area contributed by atoms with Crippen LogP contribution >= 0.6 is 0 Å². The molecule has 1 aliphatic heterocycles. The second kappa shape index (κ2) is 8.77. The van der Waals surface area contributed by atoms with Gasteiger partial charge in [-0.1, -0.05) is 50.2 Å². The van der Waals surface area contributed by atoms with E-state index in [9.17, 15) is 14.4 Å². The molecule has 1 atom stereocenters. The molecule has 0 saturated carbocycles. The van der Waals surface area contributed by atoms with Gasteiger partial charge in [-0.05, 0) is 35.6 Å². The fraction of sp³-hybridized carbons (Fsp3) is 0.318. The van der Waals surface area contributed by atoms with E-state index in [0.29, 0.717) is 0 Å². The highest BCUT2D eigenvalue weighted by molar-refractivity contribution is 6.09. The molecule has 0 fully saturated rings. The maximum Gasteiger partial charge on any atom is 0.413 e. The molecule has 7 heteroatoms. The van der Waals surface area contributed by atoms with Gasteiger partial charge in [-0.2, -0.15) is 0 Å². The van der Waals surface area contributed by atoms with E-state index in [4.69, 9.17) is 0 Å². The number of hydrazine groups is 1. The summed E-state index contributed by atoms with van der Waals surface area (Å²) >= 11 is 0. The van der Waals surface area contributed by atoms with Crippen LogP contribution in [-0.2, 0) is 27.2 Å². The third-order valence-electron chi connectivity index (χ3n) is 5.10. The zero-order chi connectivity index (χ0) is 21.0. The average molecular weight is 395 g/mol. The predicted octanol–water partition coefficient (Wildman–Crippen LogP) is 3.54. The highest BCUT2D eigenvalue weighted by atomic mass is 16.5. The molecule has 29 heavy (non-hydrogen) atoms. The molecule has 0 saturated heterocycles. The lowest BCUT2D eigenvalue weighted by Gasteiger charge is -2.23. The van der Waals surface area contributed by atoms with Gasteiger partial charge in [-0.25, -0.2) is 9.80 Å². The van der Waals surface area contributed by atoms with E-state index >= 15 is 0 Å². The first kappa shape index (κ1) is 20.4. The van der Waals surface area contributed by atoms with Crippen molar-refractivity contribution in [2.24, 2.45) is 0 Å². The summed E-state index contributed by atoms with van der Waals surface area (Å²) in [5, 5.41) is 3.67. The lowest BCUT2D eigenvalue weighted by molar-refractivity contribution is -0.125. The van der Waals surface area contributed by atoms with Crippen molar-refractivity contribution in [3.8, 4) is 0 Å². The second-order valence-corrected chi connectivity index (χ2v) is 6.80. The van der Waals surface area contributed by atoms with E-state index in [2.05, 4.69) is 22.4 Å². The molecule has 1 aliphatic rings. The Kier molecular flexibility index (Phi) is 6.16. The molecular formula is C22H25N3O4. The van der Waals surface area contributed by atoms with Crippen molar-refractivity contribution in [3.05, 3.63) is 59.2 Å². The van der Waals surface area contributed by atoms with Crippen molar-refractivity contribution >= 4 is 29.3 Å². The Balaban J connectivity index is 1.95. The number of anilines is 2. The number of imide groups is 1. The van der Waals surface area contributed by atoms with E-state index in [0.717, 1.165) is 40.9 Å². The third kappa shape index (κ3) is 4.08. The van der Waals surface area contributed by atoms with Crippen molar-refractivity contribution in [1.29, 1.82) is 0 Å². The Bertz CT molecular complexity index is 941. The topological polar surface area (TPSA) is 87.7 Å². The number of carbonyl (C=O) groups excluding carboxylic acids is 3. The summed E-state index contributed by atoms with van der Waals surface area (Å²) in [6, 6.07) is 13.5. The number of rotatable bonds is 6. The van der Waals surface area contributed by atoms with Gasteiger partial charge in [0.2, 0.25) is 5.91 Å². The van der Waals surface area contributed by atoms with Gasteiger partial charge in [0.15, 0.2) is 0 Å². The van der Waals surface area contributed by atoms with Gasteiger partial charge in [0.1, 0.15) is 0 Å². The molecule has 2 aromatic rings. The molecule has 1 unspecified atom stereocenters. The molecule has 0 aliphatic carbocycles. The molecule has 3 amide bonds. The van der Waals surface area contributed by atoms with Gasteiger partial charge in [0.05, 0.1) is 24.4 Å². The van der Waals surface area contributed by atoms with Crippen molar-refractivity contribution < 1.29 is 19.1 Å². The summed E-state index contributed by atoms with van der Waals surface area (Å²) in [6.07, 6.45) is 0.584. The number of ether oxygens (including phenoxy) is 1. The quantitative estimate of drug-likeness (QED) is 0.781. The van der Waals surface area contributed by atoms with Gasteiger partial charge in [0.25, 0.3) is 5.91 Å². The fourth-order valence-electron chi connectivity index (χ4n) is 3.62. The molecule has 2 aromatic carbocycles.